The number of fused-ring (bicyclic) bond motifs is 3. The van der Waals surface area contributed by atoms with Gasteiger partial charge in [-0.15, -0.1) is 0 Å². The smallest absolute Gasteiger partial charge is 0.201 e. The van der Waals surface area contributed by atoms with E-state index >= 15 is 0 Å². The molecule has 1 aliphatic rings. The van der Waals surface area contributed by atoms with Gasteiger partial charge in [-0.1, -0.05) is 15.9 Å². The second-order valence-electron chi connectivity index (χ2n) is 5.79. The lowest BCUT2D eigenvalue weighted by molar-refractivity contribution is 0.0618. The fourth-order valence-corrected chi connectivity index (χ4v) is 3.53. The number of hydrogen-bond donors (Lipinski definition) is 1. The zero-order valence-corrected chi connectivity index (χ0v) is 13.7. The molecule has 3 heterocycles. The van der Waals surface area contributed by atoms with Crippen molar-refractivity contribution >= 4 is 43.8 Å². The Labute approximate surface area is 136 Å². The Balaban J connectivity index is 1.87. The van der Waals surface area contributed by atoms with Crippen molar-refractivity contribution in [3.63, 3.8) is 0 Å². The number of nitrogens with two attached hydrogens (primary N) is 1. The van der Waals surface area contributed by atoms with E-state index in [0.29, 0.717) is 11.9 Å². The van der Waals surface area contributed by atoms with Crippen molar-refractivity contribution in [2.45, 2.75) is 19.4 Å². The van der Waals surface area contributed by atoms with Crippen LogP contribution in [0.5, 0.6) is 0 Å². The monoisotopic (exact) mass is 360 g/mol. The number of anilines is 1. The highest BCUT2D eigenvalue weighted by Gasteiger charge is 2.19. The minimum absolute atomic E-state index is 0.568. The van der Waals surface area contributed by atoms with Crippen LogP contribution in [0, 0.1) is 5.92 Å². The number of ether oxygens (including phenoxy) is 1. The maximum absolute atomic E-state index is 6.17. The third-order valence-corrected chi connectivity index (χ3v) is 4.84. The summed E-state index contributed by atoms with van der Waals surface area (Å²) in [5.41, 5.74) is 9.07. The molecule has 0 amide bonds. The number of nitrogen functional groups attached to an aromatic ring is 1. The SMILES string of the molecule is Nc1nc2cnc3cc(Br)ccc3c2n1CC1CCOCC1. The van der Waals surface area contributed by atoms with E-state index in [4.69, 9.17) is 10.5 Å². The van der Waals surface area contributed by atoms with E-state index in [0.717, 1.165) is 59.0 Å². The molecule has 4 rings (SSSR count). The number of benzene rings is 1. The Hall–Kier alpha value is -1.66. The highest BCUT2D eigenvalue weighted by molar-refractivity contribution is 9.10. The van der Waals surface area contributed by atoms with Gasteiger partial charge in [-0.2, -0.15) is 0 Å². The number of nitrogens with zero attached hydrogens (tertiary/aromatic N) is 3. The number of hydrogen-bond acceptors (Lipinski definition) is 4. The molecule has 0 saturated carbocycles. The number of halogens is 1. The molecule has 1 saturated heterocycles. The summed E-state index contributed by atoms with van der Waals surface area (Å²) in [4.78, 5) is 8.98. The van der Waals surface area contributed by atoms with Gasteiger partial charge in [0.25, 0.3) is 0 Å². The van der Waals surface area contributed by atoms with E-state index in [9.17, 15) is 0 Å². The summed E-state index contributed by atoms with van der Waals surface area (Å²) in [6, 6.07) is 6.14. The molecular weight excluding hydrogens is 344 g/mol. The molecule has 0 bridgehead atoms. The first-order valence-corrected chi connectivity index (χ1v) is 8.29. The Morgan fingerprint density at radius 3 is 2.91 bits per heavy atom. The van der Waals surface area contributed by atoms with Gasteiger partial charge in [0, 0.05) is 29.6 Å². The second-order valence-corrected chi connectivity index (χ2v) is 6.71. The molecule has 0 atom stereocenters. The fourth-order valence-electron chi connectivity index (χ4n) is 3.18. The standard InChI is InChI=1S/C16H17BrN4O/c17-11-1-2-12-13(7-11)19-8-14-15(12)21(16(18)20-14)9-10-3-5-22-6-4-10/h1-2,7-8,10H,3-6,9H2,(H2,18,20). The van der Waals surface area contributed by atoms with Gasteiger partial charge >= 0.3 is 0 Å². The first-order valence-electron chi connectivity index (χ1n) is 7.50. The predicted molar refractivity (Wildman–Crippen MR) is 90.7 cm³/mol. The van der Waals surface area contributed by atoms with Gasteiger partial charge in [0.05, 0.1) is 17.2 Å². The molecule has 0 aliphatic carbocycles. The van der Waals surface area contributed by atoms with Crippen LogP contribution in [0.25, 0.3) is 21.9 Å². The summed E-state index contributed by atoms with van der Waals surface area (Å²) < 4.78 is 8.61. The molecule has 22 heavy (non-hydrogen) atoms. The van der Waals surface area contributed by atoms with Crippen molar-refractivity contribution in [1.29, 1.82) is 0 Å². The minimum atomic E-state index is 0.568. The average molecular weight is 361 g/mol. The van der Waals surface area contributed by atoms with Gasteiger partial charge in [-0.25, -0.2) is 4.98 Å². The predicted octanol–water partition coefficient (Wildman–Crippen LogP) is 3.36. The van der Waals surface area contributed by atoms with Crippen LogP contribution in [0.3, 0.4) is 0 Å². The quantitative estimate of drug-likeness (QED) is 0.760. The van der Waals surface area contributed by atoms with E-state index in [1.807, 2.05) is 12.1 Å². The molecule has 1 aromatic carbocycles. The summed E-state index contributed by atoms with van der Waals surface area (Å²) >= 11 is 3.50. The molecule has 5 nitrogen and oxygen atoms in total. The third kappa shape index (κ3) is 2.36. The van der Waals surface area contributed by atoms with E-state index < -0.39 is 0 Å². The molecule has 0 spiro atoms. The summed E-state index contributed by atoms with van der Waals surface area (Å²) in [5.74, 6) is 1.16. The van der Waals surface area contributed by atoms with Gasteiger partial charge in [0.1, 0.15) is 5.52 Å². The second kappa shape index (κ2) is 5.52. The van der Waals surface area contributed by atoms with Gasteiger partial charge in [-0.05, 0) is 37.0 Å². The van der Waals surface area contributed by atoms with Crippen molar-refractivity contribution in [3.05, 3.63) is 28.9 Å². The van der Waals surface area contributed by atoms with Crippen LogP contribution >= 0.6 is 15.9 Å². The van der Waals surface area contributed by atoms with Crippen LogP contribution in [0.15, 0.2) is 28.9 Å². The Morgan fingerprint density at radius 2 is 2.09 bits per heavy atom. The zero-order chi connectivity index (χ0) is 15.1. The maximum Gasteiger partial charge on any atom is 0.201 e. The maximum atomic E-state index is 6.17. The van der Waals surface area contributed by atoms with Crippen LogP contribution in [0.4, 0.5) is 5.95 Å². The van der Waals surface area contributed by atoms with Crippen molar-refractivity contribution < 1.29 is 4.74 Å². The van der Waals surface area contributed by atoms with Crippen LogP contribution in [-0.4, -0.2) is 27.7 Å². The van der Waals surface area contributed by atoms with E-state index in [1.54, 1.807) is 6.20 Å². The van der Waals surface area contributed by atoms with Crippen molar-refractivity contribution in [2.75, 3.05) is 18.9 Å². The van der Waals surface area contributed by atoms with Crippen molar-refractivity contribution in [2.24, 2.45) is 5.92 Å². The molecule has 1 aliphatic heterocycles. The lowest BCUT2D eigenvalue weighted by atomic mass is 10.0. The molecule has 3 aromatic rings. The molecule has 0 unspecified atom stereocenters. The lowest BCUT2D eigenvalue weighted by Gasteiger charge is -2.23. The molecule has 114 valence electrons. The van der Waals surface area contributed by atoms with Crippen molar-refractivity contribution in [3.8, 4) is 0 Å². The molecule has 2 aromatic heterocycles. The molecule has 0 radical (unpaired) electrons. The summed E-state index contributed by atoms with van der Waals surface area (Å²) in [5, 5.41) is 1.09. The fraction of sp³-hybridized carbons (Fsp3) is 0.375. The molecule has 6 heteroatoms. The van der Waals surface area contributed by atoms with Crippen LogP contribution in [-0.2, 0) is 11.3 Å². The average Bonchev–Trinajstić information content (AvgIpc) is 2.84. The topological polar surface area (TPSA) is 66.0 Å². The third-order valence-electron chi connectivity index (χ3n) is 4.35. The highest BCUT2D eigenvalue weighted by atomic mass is 79.9. The van der Waals surface area contributed by atoms with E-state index in [2.05, 4.69) is 36.5 Å². The first-order chi connectivity index (χ1) is 10.7. The molecular formula is C16H17BrN4O. The van der Waals surface area contributed by atoms with E-state index in [-0.39, 0.29) is 0 Å². The van der Waals surface area contributed by atoms with E-state index in [1.165, 1.54) is 0 Å². The summed E-state index contributed by atoms with van der Waals surface area (Å²) in [6.07, 6.45) is 3.96. The summed E-state index contributed by atoms with van der Waals surface area (Å²) in [7, 11) is 0. The van der Waals surface area contributed by atoms with Gasteiger partial charge in [-0.3, -0.25) is 4.98 Å². The molecule has 2 N–H and O–H groups in total. The Morgan fingerprint density at radius 1 is 1.27 bits per heavy atom. The Bertz CT molecular complexity index is 839. The van der Waals surface area contributed by atoms with Gasteiger partial charge in [0.15, 0.2) is 0 Å². The van der Waals surface area contributed by atoms with Crippen LogP contribution < -0.4 is 5.73 Å². The van der Waals surface area contributed by atoms with Crippen LogP contribution in [0.1, 0.15) is 12.8 Å². The van der Waals surface area contributed by atoms with Crippen molar-refractivity contribution in [1.82, 2.24) is 14.5 Å². The number of rotatable bonds is 2. The zero-order valence-electron chi connectivity index (χ0n) is 12.1. The number of pyridine rings is 1. The first kappa shape index (κ1) is 14.0. The largest absolute Gasteiger partial charge is 0.381 e. The normalized spacial score (nSPS) is 16.6. The van der Waals surface area contributed by atoms with Gasteiger partial charge < -0.3 is 15.0 Å². The number of aromatic nitrogens is 3. The Kier molecular flexibility index (Phi) is 3.50. The summed E-state index contributed by atoms with van der Waals surface area (Å²) in [6.45, 7) is 2.57. The minimum Gasteiger partial charge on any atom is -0.381 e. The molecule has 1 fully saturated rings. The van der Waals surface area contributed by atoms with Crippen LogP contribution in [0.2, 0.25) is 0 Å². The number of imidazole rings is 1. The highest BCUT2D eigenvalue weighted by Crippen LogP contribution is 2.29. The lowest BCUT2D eigenvalue weighted by Crippen LogP contribution is -2.21. The van der Waals surface area contributed by atoms with Gasteiger partial charge in [0.2, 0.25) is 5.95 Å².